The quantitative estimate of drug-likeness (QED) is 0.700. The molecule has 1 rings (SSSR count). The van der Waals surface area contributed by atoms with Crippen LogP contribution in [0, 0.1) is 0 Å². The molecule has 0 aromatic rings. The van der Waals surface area contributed by atoms with Gasteiger partial charge in [-0.1, -0.05) is 13.8 Å². The van der Waals surface area contributed by atoms with E-state index in [2.05, 4.69) is 35.8 Å². The lowest BCUT2D eigenvalue weighted by molar-refractivity contribution is 0.221. The van der Waals surface area contributed by atoms with Crippen LogP contribution in [0.25, 0.3) is 0 Å². The maximum absolute atomic E-state index is 3.45. The molecule has 0 bridgehead atoms. The average molecular weight is 253 g/mol. The van der Waals surface area contributed by atoms with Crippen molar-refractivity contribution in [2.24, 2.45) is 0 Å². The summed E-state index contributed by atoms with van der Waals surface area (Å²) in [4.78, 5) is 2.67. The summed E-state index contributed by atoms with van der Waals surface area (Å²) < 4.78 is 0. The molecule has 0 aromatic heterocycles. The van der Waals surface area contributed by atoms with Crippen LogP contribution in [0.2, 0.25) is 0 Å². The van der Waals surface area contributed by atoms with Crippen molar-refractivity contribution >= 4 is 24.2 Å². The van der Waals surface area contributed by atoms with Gasteiger partial charge in [-0.25, -0.2) is 0 Å². The van der Waals surface area contributed by atoms with Gasteiger partial charge in [-0.3, -0.25) is 4.90 Å². The molecule has 0 aliphatic carbocycles. The lowest BCUT2D eigenvalue weighted by Gasteiger charge is -2.27. The van der Waals surface area contributed by atoms with Crippen LogP contribution in [0.1, 0.15) is 26.7 Å². The van der Waals surface area contributed by atoms with Crippen LogP contribution in [-0.4, -0.2) is 48.6 Å². The number of halogens is 1. The van der Waals surface area contributed by atoms with Crippen LogP contribution < -0.4 is 5.32 Å². The summed E-state index contributed by atoms with van der Waals surface area (Å²) in [5.74, 6) is 2.55. The fourth-order valence-corrected chi connectivity index (χ4v) is 2.69. The molecule has 1 heterocycles. The Labute approximate surface area is 105 Å². The summed E-state index contributed by atoms with van der Waals surface area (Å²) in [7, 11) is 0. The molecule has 0 aromatic carbocycles. The van der Waals surface area contributed by atoms with Crippen molar-refractivity contribution in [3.63, 3.8) is 0 Å². The third kappa shape index (κ3) is 6.00. The third-order valence-corrected chi connectivity index (χ3v) is 3.67. The summed E-state index contributed by atoms with van der Waals surface area (Å²) in [5, 5.41) is 3.45. The van der Waals surface area contributed by atoms with Crippen molar-refractivity contribution in [3.05, 3.63) is 0 Å². The zero-order valence-electron chi connectivity index (χ0n) is 10.00. The van der Waals surface area contributed by atoms with E-state index >= 15 is 0 Å². The minimum atomic E-state index is 0. The van der Waals surface area contributed by atoms with Crippen molar-refractivity contribution < 1.29 is 0 Å². The number of hydrogen-bond donors (Lipinski definition) is 1. The van der Waals surface area contributed by atoms with Crippen molar-refractivity contribution in [2.75, 3.05) is 37.7 Å². The molecule has 1 aliphatic heterocycles. The molecule has 0 spiro atoms. The second-order valence-corrected chi connectivity index (χ2v) is 5.27. The fraction of sp³-hybridized carbons (Fsp3) is 1.00. The Balaban J connectivity index is 0.00000196. The van der Waals surface area contributed by atoms with Crippen molar-refractivity contribution in [1.29, 1.82) is 0 Å². The predicted molar refractivity (Wildman–Crippen MR) is 73.4 cm³/mol. The Bertz CT molecular complexity index is 141. The maximum Gasteiger partial charge on any atom is 0.0233 e. The minimum absolute atomic E-state index is 0. The minimum Gasteiger partial charge on any atom is -0.315 e. The molecular weight excluding hydrogens is 228 g/mol. The summed E-state index contributed by atoms with van der Waals surface area (Å²) in [6.07, 6.45) is 2.63. The molecule has 1 unspecified atom stereocenters. The first-order chi connectivity index (χ1) is 6.88. The van der Waals surface area contributed by atoms with Crippen LogP contribution in [0.15, 0.2) is 0 Å². The highest BCUT2D eigenvalue weighted by Crippen LogP contribution is 2.10. The van der Waals surface area contributed by atoms with Gasteiger partial charge in [0.05, 0.1) is 0 Å². The molecule has 4 heteroatoms. The molecule has 0 amide bonds. The van der Waals surface area contributed by atoms with E-state index in [-0.39, 0.29) is 12.4 Å². The highest BCUT2D eigenvalue weighted by molar-refractivity contribution is 7.99. The first kappa shape index (κ1) is 15.6. The smallest absolute Gasteiger partial charge is 0.0233 e. The number of thioether (sulfide) groups is 1. The molecule has 92 valence electrons. The zero-order chi connectivity index (χ0) is 10.2. The lowest BCUT2D eigenvalue weighted by Crippen LogP contribution is -2.38. The zero-order valence-corrected chi connectivity index (χ0v) is 11.6. The first-order valence-electron chi connectivity index (χ1n) is 5.91. The van der Waals surface area contributed by atoms with E-state index in [1.807, 2.05) is 0 Å². The molecule has 2 nitrogen and oxygen atoms in total. The maximum atomic E-state index is 3.45. The van der Waals surface area contributed by atoms with E-state index in [1.165, 1.54) is 50.5 Å². The number of nitrogens with zero attached hydrogens (tertiary/aromatic N) is 1. The molecule has 1 fully saturated rings. The second-order valence-electron chi connectivity index (χ2n) is 3.88. The van der Waals surface area contributed by atoms with E-state index in [4.69, 9.17) is 0 Å². The summed E-state index contributed by atoms with van der Waals surface area (Å²) in [6.45, 7) is 9.49. The van der Waals surface area contributed by atoms with Gasteiger partial charge in [-0.05, 0) is 31.7 Å². The Morgan fingerprint density at radius 3 is 2.67 bits per heavy atom. The van der Waals surface area contributed by atoms with Crippen LogP contribution in [0.3, 0.4) is 0 Å². The standard InChI is InChI=1S/C11H24N2S.ClH/c1-3-7-13(8-9-14-4-2)11-5-6-12-10-11;/h11-12H,3-10H2,1-2H3;1H. The molecule has 1 aliphatic rings. The lowest BCUT2D eigenvalue weighted by atomic mass is 10.2. The predicted octanol–water partition coefficient (Wildman–Crippen LogP) is 2.24. The van der Waals surface area contributed by atoms with Gasteiger partial charge in [-0.2, -0.15) is 11.8 Å². The Morgan fingerprint density at radius 2 is 2.13 bits per heavy atom. The SMILES string of the molecule is CCCN(CCSCC)C1CCNC1.Cl. The second kappa shape index (κ2) is 9.76. The highest BCUT2D eigenvalue weighted by atomic mass is 35.5. The van der Waals surface area contributed by atoms with Gasteiger partial charge in [0.25, 0.3) is 0 Å². The molecule has 0 radical (unpaired) electrons. The first-order valence-corrected chi connectivity index (χ1v) is 7.06. The molecule has 1 atom stereocenters. The van der Waals surface area contributed by atoms with E-state index in [0.717, 1.165) is 6.04 Å². The van der Waals surface area contributed by atoms with Crippen molar-refractivity contribution in [1.82, 2.24) is 10.2 Å². The number of hydrogen-bond acceptors (Lipinski definition) is 3. The van der Waals surface area contributed by atoms with Gasteiger partial charge < -0.3 is 5.32 Å². The van der Waals surface area contributed by atoms with E-state index in [0.29, 0.717) is 0 Å². The summed E-state index contributed by atoms with van der Waals surface area (Å²) in [6, 6.07) is 0.812. The van der Waals surface area contributed by atoms with E-state index in [9.17, 15) is 0 Å². The van der Waals surface area contributed by atoms with Crippen LogP contribution >= 0.6 is 24.2 Å². The number of rotatable bonds is 7. The van der Waals surface area contributed by atoms with Crippen LogP contribution in [-0.2, 0) is 0 Å². The largest absolute Gasteiger partial charge is 0.315 e. The van der Waals surface area contributed by atoms with Crippen molar-refractivity contribution in [3.8, 4) is 0 Å². The van der Waals surface area contributed by atoms with Gasteiger partial charge in [0, 0.05) is 24.9 Å². The monoisotopic (exact) mass is 252 g/mol. The Hall–Kier alpha value is 0.560. The Morgan fingerprint density at radius 1 is 1.33 bits per heavy atom. The molecule has 0 saturated carbocycles. The third-order valence-electron chi connectivity index (χ3n) is 2.79. The fourth-order valence-electron chi connectivity index (χ4n) is 2.04. The van der Waals surface area contributed by atoms with Crippen molar-refractivity contribution in [2.45, 2.75) is 32.7 Å². The average Bonchev–Trinajstić information content (AvgIpc) is 2.70. The van der Waals surface area contributed by atoms with Crippen LogP contribution in [0.5, 0.6) is 0 Å². The molecular formula is C11H25ClN2S. The van der Waals surface area contributed by atoms with E-state index in [1.54, 1.807) is 0 Å². The topological polar surface area (TPSA) is 15.3 Å². The summed E-state index contributed by atoms with van der Waals surface area (Å²) in [5.41, 5.74) is 0. The van der Waals surface area contributed by atoms with Crippen LogP contribution in [0.4, 0.5) is 0 Å². The molecule has 15 heavy (non-hydrogen) atoms. The van der Waals surface area contributed by atoms with E-state index < -0.39 is 0 Å². The highest BCUT2D eigenvalue weighted by Gasteiger charge is 2.20. The van der Waals surface area contributed by atoms with Gasteiger partial charge in [0.1, 0.15) is 0 Å². The molecule has 1 saturated heterocycles. The number of nitrogens with one attached hydrogen (secondary N) is 1. The summed E-state index contributed by atoms with van der Waals surface area (Å²) >= 11 is 2.06. The molecule has 1 N–H and O–H groups in total. The van der Waals surface area contributed by atoms with Gasteiger partial charge in [-0.15, -0.1) is 12.4 Å². The van der Waals surface area contributed by atoms with Gasteiger partial charge in [0.15, 0.2) is 0 Å². The Kier molecular flexibility index (Phi) is 10.1. The van der Waals surface area contributed by atoms with Gasteiger partial charge >= 0.3 is 0 Å². The normalized spacial score (nSPS) is 20.6. The van der Waals surface area contributed by atoms with Gasteiger partial charge in [0.2, 0.25) is 0 Å².